The van der Waals surface area contributed by atoms with Gasteiger partial charge in [-0.3, -0.25) is 0 Å². The largest absolute Gasteiger partial charge is 0.379 e. The number of aromatic nitrogens is 1. The van der Waals surface area contributed by atoms with Crippen LogP contribution in [0.1, 0.15) is 36.2 Å². The lowest BCUT2D eigenvalue weighted by atomic mass is 9.98. The highest BCUT2D eigenvalue weighted by Crippen LogP contribution is 2.27. The van der Waals surface area contributed by atoms with E-state index in [-0.39, 0.29) is 5.41 Å². The Bertz CT molecular complexity index is 602. The third kappa shape index (κ3) is 3.33. The van der Waals surface area contributed by atoms with Gasteiger partial charge in [0.05, 0.1) is 22.8 Å². The van der Waals surface area contributed by atoms with Gasteiger partial charge < -0.3 is 5.32 Å². The zero-order chi connectivity index (χ0) is 13.9. The van der Waals surface area contributed by atoms with Crippen LogP contribution >= 0.6 is 11.3 Å². The van der Waals surface area contributed by atoms with E-state index in [1.807, 2.05) is 30.5 Å². The number of nitrogens with zero attached hydrogens (tertiary/aromatic N) is 2. The maximum atomic E-state index is 9.03. The highest BCUT2D eigenvalue weighted by atomic mass is 32.1. The number of thiazole rings is 1. The van der Waals surface area contributed by atoms with Crippen LogP contribution in [0.25, 0.3) is 0 Å². The van der Waals surface area contributed by atoms with Crippen LogP contribution in [0.2, 0.25) is 0 Å². The van der Waals surface area contributed by atoms with Crippen LogP contribution in [0.3, 0.4) is 0 Å². The molecule has 98 valence electrons. The lowest BCUT2D eigenvalue weighted by Crippen LogP contribution is -2.09. The van der Waals surface area contributed by atoms with Crippen molar-refractivity contribution in [3.05, 3.63) is 45.9 Å². The predicted molar refractivity (Wildman–Crippen MR) is 79.3 cm³/mol. The highest BCUT2D eigenvalue weighted by Gasteiger charge is 2.17. The van der Waals surface area contributed by atoms with Crippen LogP contribution in [-0.4, -0.2) is 4.98 Å². The van der Waals surface area contributed by atoms with Gasteiger partial charge in [-0.15, -0.1) is 11.3 Å². The molecule has 19 heavy (non-hydrogen) atoms. The first kappa shape index (κ1) is 13.6. The van der Waals surface area contributed by atoms with E-state index < -0.39 is 0 Å². The van der Waals surface area contributed by atoms with Crippen molar-refractivity contribution in [3.63, 3.8) is 0 Å². The van der Waals surface area contributed by atoms with E-state index in [2.05, 4.69) is 37.1 Å². The quantitative estimate of drug-likeness (QED) is 0.920. The molecule has 0 spiro atoms. The van der Waals surface area contributed by atoms with Gasteiger partial charge in [0.2, 0.25) is 0 Å². The number of para-hydroxylation sites is 1. The van der Waals surface area contributed by atoms with Crippen molar-refractivity contribution >= 4 is 17.0 Å². The SMILES string of the molecule is CC(C)(C)c1ncc(CNc2ccccc2C#N)s1. The molecule has 0 unspecified atom stereocenters. The number of nitrogens with one attached hydrogen (secondary N) is 1. The molecule has 1 heterocycles. The Hall–Kier alpha value is -1.86. The first-order valence-corrected chi connectivity index (χ1v) is 7.00. The van der Waals surface area contributed by atoms with Crippen LogP contribution in [0.15, 0.2) is 30.5 Å². The van der Waals surface area contributed by atoms with Gasteiger partial charge in [-0.2, -0.15) is 5.26 Å². The molecule has 0 amide bonds. The van der Waals surface area contributed by atoms with Crippen LogP contribution < -0.4 is 5.32 Å². The Kier molecular flexibility index (Phi) is 3.87. The molecule has 2 aromatic rings. The Morgan fingerprint density at radius 3 is 2.68 bits per heavy atom. The molecule has 0 aliphatic rings. The molecule has 0 fully saturated rings. The number of rotatable bonds is 3. The van der Waals surface area contributed by atoms with Crippen molar-refractivity contribution in [1.29, 1.82) is 5.26 Å². The molecule has 3 nitrogen and oxygen atoms in total. The lowest BCUT2D eigenvalue weighted by molar-refractivity contribution is 0.585. The van der Waals surface area contributed by atoms with Crippen molar-refractivity contribution in [2.75, 3.05) is 5.32 Å². The fourth-order valence-electron chi connectivity index (χ4n) is 1.65. The second-order valence-electron chi connectivity index (χ2n) is 5.39. The minimum absolute atomic E-state index is 0.0908. The Morgan fingerprint density at radius 1 is 1.32 bits per heavy atom. The molecule has 0 aliphatic heterocycles. The standard InChI is InChI=1S/C15H17N3S/c1-15(2,3)14-18-10-12(19-14)9-17-13-7-5-4-6-11(13)8-16/h4-7,10,17H,9H2,1-3H3. The van der Waals surface area contributed by atoms with E-state index in [1.54, 1.807) is 11.3 Å². The second kappa shape index (κ2) is 5.41. The Morgan fingerprint density at radius 2 is 2.05 bits per heavy atom. The molecule has 0 saturated heterocycles. The van der Waals surface area contributed by atoms with Crippen molar-refractivity contribution in [2.24, 2.45) is 0 Å². The summed E-state index contributed by atoms with van der Waals surface area (Å²) in [6, 6.07) is 9.72. The number of anilines is 1. The summed E-state index contributed by atoms with van der Waals surface area (Å²) in [5.74, 6) is 0. The lowest BCUT2D eigenvalue weighted by Gasteiger charge is -2.13. The second-order valence-corrected chi connectivity index (χ2v) is 6.51. The summed E-state index contributed by atoms with van der Waals surface area (Å²) in [6.07, 6.45) is 1.91. The first-order chi connectivity index (χ1) is 9.00. The molecule has 0 atom stereocenters. The van der Waals surface area contributed by atoms with Crippen molar-refractivity contribution in [2.45, 2.75) is 32.7 Å². The minimum Gasteiger partial charge on any atom is -0.379 e. The third-order valence-electron chi connectivity index (χ3n) is 2.70. The summed E-state index contributed by atoms with van der Waals surface area (Å²) in [5.41, 5.74) is 1.63. The van der Waals surface area contributed by atoms with Crippen molar-refractivity contribution in [3.8, 4) is 6.07 Å². The molecule has 1 aromatic carbocycles. The molecule has 4 heteroatoms. The molecule has 1 aromatic heterocycles. The van der Waals surface area contributed by atoms with E-state index in [9.17, 15) is 0 Å². The van der Waals surface area contributed by atoms with Gasteiger partial charge in [-0.05, 0) is 12.1 Å². The Balaban J connectivity index is 2.07. The zero-order valence-electron chi connectivity index (χ0n) is 11.4. The summed E-state index contributed by atoms with van der Waals surface area (Å²) in [7, 11) is 0. The number of benzene rings is 1. The smallest absolute Gasteiger partial charge is 0.101 e. The topological polar surface area (TPSA) is 48.7 Å². The molecular formula is C15H17N3S. The van der Waals surface area contributed by atoms with Crippen LogP contribution in [0.5, 0.6) is 0 Å². The summed E-state index contributed by atoms with van der Waals surface area (Å²) in [5, 5.41) is 13.5. The average Bonchev–Trinajstić information content (AvgIpc) is 2.85. The van der Waals surface area contributed by atoms with Gasteiger partial charge in [0.25, 0.3) is 0 Å². The van der Waals surface area contributed by atoms with E-state index in [1.165, 1.54) is 4.88 Å². The number of nitriles is 1. The van der Waals surface area contributed by atoms with E-state index in [4.69, 9.17) is 5.26 Å². The van der Waals surface area contributed by atoms with Gasteiger partial charge in [-0.25, -0.2) is 4.98 Å². The number of hydrogen-bond donors (Lipinski definition) is 1. The molecular weight excluding hydrogens is 254 g/mol. The van der Waals surface area contributed by atoms with Gasteiger partial charge in [-0.1, -0.05) is 32.9 Å². The first-order valence-electron chi connectivity index (χ1n) is 6.19. The monoisotopic (exact) mass is 271 g/mol. The average molecular weight is 271 g/mol. The van der Waals surface area contributed by atoms with Gasteiger partial charge in [0.15, 0.2) is 0 Å². The predicted octanol–water partition coefficient (Wildman–Crippen LogP) is 3.92. The normalized spacial score (nSPS) is 11.1. The summed E-state index contributed by atoms with van der Waals surface area (Å²) >= 11 is 1.72. The van der Waals surface area contributed by atoms with Gasteiger partial charge >= 0.3 is 0 Å². The minimum atomic E-state index is 0.0908. The summed E-state index contributed by atoms with van der Waals surface area (Å²) < 4.78 is 0. The summed E-state index contributed by atoms with van der Waals surface area (Å²) in [6.45, 7) is 7.18. The van der Waals surface area contributed by atoms with E-state index in [0.717, 1.165) is 10.7 Å². The van der Waals surface area contributed by atoms with Gasteiger partial charge in [0.1, 0.15) is 6.07 Å². The Labute approximate surface area is 117 Å². The molecule has 2 rings (SSSR count). The molecule has 0 radical (unpaired) electrons. The maximum Gasteiger partial charge on any atom is 0.101 e. The van der Waals surface area contributed by atoms with Crippen LogP contribution in [-0.2, 0) is 12.0 Å². The summed E-state index contributed by atoms with van der Waals surface area (Å²) in [4.78, 5) is 5.63. The fourth-order valence-corrected chi connectivity index (χ4v) is 2.56. The molecule has 1 N–H and O–H groups in total. The van der Waals surface area contributed by atoms with E-state index >= 15 is 0 Å². The number of hydrogen-bond acceptors (Lipinski definition) is 4. The maximum absolute atomic E-state index is 9.03. The highest BCUT2D eigenvalue weighted by molar-refractivity contribution is 7.11. The zero-order valence-corrected chi connectivity index (χ0v) is 12.2. The van der Waals surface area contributed by atoms with Crippen molar-refractivity contribution in [1.82, 2.24) is 4.98 Å². The third-order valence-corrected chi connectivity index (χ3v) is 4.12. The molecule has 0 saturated carbocycles. The van der Waals surface area contributed by atoms with Crippen LogP contribution in [0, 0.1) is 11.3 Å². The van der Waals surface area contributed by atoms with Crippen LogP contribution in [0.4, 0.5) is 5.69 Å². The van der Waals surface area contributed by atoms with Crippen molar-refractivity contribution < 1.29 is 0 Å². The fraction of sp³-hybridized carbons (Fsp3) is 0.333. The van der Waals surface area contributed by atoms with E-state index in [0.29, 0.717) is 12.1 Å². The molecule has 0 aliphatic carbocycles. The molecule has 0 bridgehead atoms. The van der Waals surface area contributed by atoms with Gasteiger partial charge in [0, 0.05) is 16.5 Å².